The van der Waals surface area contributed by atoms with Gasteiger partial charge in [-0.1, -0.05) is 54.1 Å². The van der Waals surface area contributed by atoms with E-state index in [1.807, 2.05) is 30.3 Å². The minimum absolute atomic E-state index is 0.249. The summed E-state index contributed by atoms with van der Waals surface area (Å²) >= 11 is 6.04. The zero-order valence-electron chi connectivity index (χ0n) is 12.1. The minimum atomic E-state index is -0.396. The Kier molecular flexibility index (Phi) is 4.30. The van der Waals surface area contributed by atoms with Crippen molar-refractivity contribution < 1.29 is 4.79 Å². The number of carbonyl (C=O) groups is 1. The summed E-state index contributed by atoms with van der Waals surface area (Å²) < 4.78 is 1.39. The van der Waals surface area contributed by atoms with Crippen LogP contribution in [0.1, 0.15) is 16.1 Å². The van der Waals surface area contributed by atoms with Gasteiger partial charge >= 0.3 is 5.69 Å². The summed E-state index contributed by atoms with van der Waals surface area (Å²) in [5.74, 6) is -0.396. The van der Waals surface area contributed by atoms with Crippen LogP contribution in [0.15, 0.2) is 65.6 Å². The van der Waals surface area contributed by atoms with Crippen molar-refractivity contribution >= 4 is 23.2 Å². The van der Waals surface area contributed by atoms with Gasteiger partial charge in [0.1, 0.15) is 5.69 Å². The van der Waals surface area contributed by atoms with Gasteiger partial charge in [0.2, 0.25) is 0 Å². The highest BCUT2D eigenvalue weighted by molar-refractivity contribution is 6.33. The average molecular weight is 328 g/mol. The van der Waals surface area contributed by atoms with Crippen LogP contribution in [0.25, 0.3) is 0 Å². The third-order valence-electron chi connectivity index (χ3n) is 3.41. The number of halogens is 1. The van der Waals surface area contributed by atoms with Gasteiger partial charge in [-0.2, -0.15) is 0 Å². The van der Waals surface area contributed by atoms with Gasteiger partial charge in [-0.3, -0.25) is 9.36 Å². The third-order valence-corrected chi connectivity index (χ3v) is 3.74. The molecule has 0 bridgehead atoms. The molecule has 1 aromatic heterocycles. The molecule has 2 aromatic carbocycles. The molecule has 0 spiro atoms. The lowest BCUT2D eigenvalue weighted by molar-refractivity contribution is 0.101. The normalized spacial score (nSPS) is 10.5. The number of nitrogens with one attached hydrogen (secondary N) is 2. The number of imidazole rings is 1. The molecule has 0 radical (unpaired) electrons. The zero-order chi connectivity index (χ0) is 16.2. The second kappa shape index (κ2) is 6.54. The number of aromatic nitrogens is 2. The monoisotopic (exact) mass is 327 g/mol. The van der Waals surface area contributed by atoms with Gasteiger partial charge in [-0.05, 0) is 17.7 Å². The standard InChI is InChI=1S/C17H14ClN3O2/c18-13-8-4-5-9-14(13)20-16(22)15-10-19-17(23)21(15)11-12-6-2-1-3-7-12/h1-10H,11H2,(H,19,23)(H,20,22). The number of aromatic amines is 1. The molecular weight excluding hydrogens is 314 g/mol. The lowest BCUT2D eigenvalue weighted by atomic mass is 10.2. The van der Waals surface area contributed by atoms with Crippen molar-refractivity contribution in [3.05, 3.63) is 87.6 Å². The fourth-order valence-corrected chi connectivity index (χ4v) is 2.44. The molecule has 23 heavy (non-hydrogen) atoms. The predicted octanol–water partition coefficient (Wildman–Crippen LogP) is 3.13. The number of hydrogen-bond acceptors (Lipinski definition) is 2. The number of para-hydroxylation sites is 1. The molecule has 5 nitrogen and oxygen atoms in total. The maximum atomic E-state index is 12.4. The van der Waals surface area contributed by atoms with Crippen LogP contribution in [0.5, 0.6) is 0 Å². The number of benzene rings is 2. The highest BCUT2D eigenvalue weighted by Crippen LogP contribution is 2.21. The summed E-state index contributed by atoms with van der Waals surface area (Å²) in [5, 5.41) is 3.15. The first-order chi connectivity index (χ1) is 11.1. The Morgan fingerprint density at radius 2 is 1.78 bits per heavy atom. The topological polar surface area (TPSA) is 66.9 Å². The molecule has 0 saturated heterocycles. The molecule has 1 heterocycles. The molecule has 0 unspecified atom stereocenters. The van der Waals surface area contributed by atoms with E-state index in [4.69, 9.17) is 11.6 Å². The number of amides is 1. The van der Waals surface area contributed by atoms with Crippen molar-refractivity contribution in [1.29, 1.82) is 0 Å². The molecule has 3 aromatic rings. The first kappa shape index (κ1) is 15.1. The van der Waals surface area contributed by atoms with Gasteiger partial charge in [-0.15, -0.1) is 0 Å². The molecule has 0 aliphatic carbocycles. The Hall–Kier alpha value is -2.79. The van der Waals surface area contributed by atoms with Gasteiger partial charge in [0.15, 0.2) is 0 Å². The number of H-pyrrole nitrogens is 1. The smallest absolute Gasteiger partial charge is 0.319 e. The van der Waals surface area contributed by atoms with Crippen LogP contribution in [-0.4, -0.2) is 15.5 Å². The second-order valence-electron chi connectivity index (χ2n) is 4.98. The first-order valence-corrected chi connectivity index (χ1v) is 7.41. The largest absolute Gasteiger partial charge is 0.326 e. The van der Waals surface area contributed by atoms with Crippen molar-refractivity contribution in [1.82, 2.24) is 9.55 Å². The Morgan fingerprint density at radius 1 is 1.09 bits per heavy atom. The number of anilines is 1. The van der Waals surface area contributed by atoms with Crippen molar-refractivity contribution in [2.75, 3.05) is 5.32 Å². The highest BCUT2D eigenvalue weighted by atomic mass is 35.5. The number of rotatable bonds is 4. The van der Waals surface area contributed by atoms with Crippen LogP contribution >= 0.6 is 11.6 Å². The highest BCUT2D eigenvalue weighted by Gasteiger charge is 2.15. The maximum Gasteiger partial charge on any atom is 0.326 e. The lowest BCUT2D eigenvalue weighted by Crippen LogP contribution is -2.24. The fourth-order valence-electron chi connectivity index (χ4n) is 2.26. The Morgan fingerprint density at radius 3 is 2.52 bits per heavy atom. The van der Waals surface area contributed by atoms with E-state index in [1.165, 1.54) is 10.8 Å². The first-order valence-electron chi connectivity index (χ1n) is 7.03. The summed E-state index contributed by atoms with van der Waals surface area (Å²) in [6.45, 7) is 0.314. The molecule has 0 aliphatic heterocycles. The molecule has 0 aliphatic rings. The molecule has 2 N–H and O–H groups in total. The zero-order valence-corrected chi connectivity index (χ0v) is 12.9. The van der Waals surface area contributed by atoms with Crippen molar-refractivity contribution in [2.24, 2.45) is 0 Å². The number of carbonyl (C=O) groups excluding carboxylic acids is 1. The van der Waals surface area contributed by atoms with Gasteiger partial charge in [0, 0.05) is 6.20 Å². The fraction of sp³-hybridized carbons (Fsp3) is 0.0588. The summed E-state index contributed by atoms with van der Waals surface area (Å²) in [5.41, 5.74) is 1.34. The summed E-state index contributed by atoms with van der Waals surface area (Å²) in [7, 11) is 0. The van der Waals surface area contributed by atoms with Gasteiger partial charge in [-0.25, -0.2) is 4.79 Å². The Balaban J connectivity index is 1.87. The van der Waals surface area contributed by atoms with E-state index in [0.717, 1.165) is 5.56 Å². The van der Waals surface area contributed by atoms with E-state index in [2.05, 4.69) is 10.3 Å². The second-order valence-corrected chi connectivity index (χ2v) is 5.39. The Labute approximate surface area is 137 Å². The van der Waals surface area contributed by atoms with E-state index >= 15 is 0 Å². The van der Waals surface area contributed by atoms with Crippen LogP contribution in [0.2, 0.25) is 5.02 Å². The van der Waals surface area contributed by atoms with E-state index in [-0.39, 0.29) is 11.4 Å². The van der Waals surface area contributed by atoms with Crippen molar-refractivity contribution in [3.8, 4) is 0 Å². The van der Waals surface area contributed by atoms with E-state index in [1.54, 1.807) is 24.3 Å². The molecule has 0 saturated carbocycles. The van der Waals surface area contributed by atoms with Crippen LogP contribution in [-0.2, 0) is 6.54 Å². The molecule has 0 atom stereocenters. The van der Waals surface area contributed by atoms with Crippen molar-refractivity contribution in [3.63, 3.8) is 0 Å². The van der Waals surface area contributed by atoms with Crippen LogP contribution in [0.4, 0.5) is 5.69 Å². The number of nitrogens with zero attached hydrogens (tertiary/aromatic N) is 1. The van der Waals surface area contributed by atoms with Crippen LogP contribution in [0.3, 0.4) is 0 Å². The van der Waals surface area contributed by atoms with Crippen LogP contribution in [0, 0.1) is 0 Å². The molecule has 116 valence electrons. The molecule has 1 amide bonds. The van der Waals surface area contributed by atoms with Crippen molar-refractivity contribution in [2.45, 2.75) is 6.54 Å². The third kappa shape index (κ3) is 3.35. The number of hydrogen-bond donors (Lipinski definition) is 2. The molecule has 0 fully saturated rings. The SMILES string of the molecule is O=C(Nc1ccccc1Cl)c1c[nH]c(=O)n1Cc1ccccc1. The van der Waals surface area contributed by atoms with Crippen LogP contribution < -0.4 is 11.0 Å². The van der Waals surface area contributed by atoms with E-state index in [0.29, 0.717) is 17.3 Å². The maximum absolute atomic E-state index is 12.4. The summed E-state index contributed by atoms with van der Waals surface area (Å²) in [4.78, 5) is 27.0. The molecule has 6 heteroatoms. The predicted molar refractivity (Wildman–Crippen MR) is 90.0 cm³/mol. The van der Waals surface area contributed by atoms with Gasteiger partial charge in [0.05, 0.1) is 17.3 Å². The summed E-state index contributed by atoms with van der Waals surface area (Å²) in [6.07, 6.45) is 1.40. The van der Waals surface area contributed by atoms with E-state index < -0.39 is 5.91 Å². The van der Waals surface area contributed by atoms with Gasteiger partial charge < -0.3 is 10.3 Å². The average Bonchev–Trinajstić information content (AvgIpc) is 2.92. The van der Waals surface area contributed by atoms with Gasteiger partial charge in [0.25, 0.3) is 5.91 Å². The Bertz CT molecular complexity index is 884. The quantitative estimate of drug-likeness (QED) is 0.773. The summed E-state index contributed by atoms with van der Waals surface area (Å²) in [6, 6.07) is 16.4. The van der Waals surface area contributed by atoms with E-state index in [9.17, 15) is 9.59 Å². The lowest BCUT2D eigenvalue weighted by Gasteiger charge is -2.09. The molecular formula is C17H14ClN3O2. The minimum Gasteiger partial charge on any atom is -0.319 e. The molecule has 3 rings (SSSR count).